The highest BCUT2D eigenvalue weighted by Crippen LogP contribution is 2.37. The summed E-state index contributed by atoms with van der Waals surface area (Å²) < 4.78 is 40.9. The van der Waals surface area contributed by atoms with Crippen molar-refractivity contribution >= 4 is 33.2 Å². The summed E-state index contributed by atoms with van der Waals surface area (Å²) in [6.45, 7) is 6.41. The van der Waals surface area contributed by atoms with Crippen LogP contribution in [0.15, 0.2) is 24.8 Å². The summed E-state index contributed by atoms with van der Waals surface area (Å²) in [5, 5.41) is 13.5. The van der Waals surface area contributed by atoms with Gasteiger partial charge >= 0.3 is 10.3 Å². The number of thiophene rings is 1. The summed E-state index contributed by atoms with van der Waals surface area (Å²) in [7, 11) is -4.40. The third-order valence-corrected chi connectivity index (χ3v) is 8.19. The summed E-state index contributed by atoms with van der Waals surface area (Å²) in [5.74, 6) is 0.388. The fraction of sp³-hybridized carbons (Fsp3) is 0.435. The highest BCUT2D eigenvalue weighted by atomic mass is 32.2. The number of nitrogens with zero attached hydrogens (tertiary/aromatic N) is 4. The Kier molecular flexibility index (Phi) is 7.13. The van der Waals surface area contributed by atoms with E-state index in [9.17, 15) is 18.3 Å². The SMILES string of the molecule is Cc1sc(C(=O)c2cncnc2N[C@H]2C[C@H](O)[C@@H]([CH]NS(=O)(=O)O)C2)cc1[C@@H]1OCCn2c(C)cnc21. The van der Waals surface area contributed by atoms with Gasteiger partial charge in [0.2, 0.25) is 5.78 Å². The molecule has 0 unspecified atom stereocenters. The standard InChI is InChI=1S/C23H27N6O6S2/c1-12-8-25-23-21(35-4-3-29(12)23)16-7-19(36-13(16)2)20(31)17-10-24-11-26-22(17)28-15-5-14(18(30)6-15)9-27-37(32,33)34/h7-11,14-15,18,21,27,30H,3-6H2,1-2H3,(H,24,26,28)(H,32,33,34)/t14-,15-,18+,21+/m1/s1. The highest BCUT2D eigenvalue weighted by molar-refractivity contribution is 7.83. The van der Waals surface area contributed by atoms with E-state index in [0.29, 0.717) is 30.1 Å². The molecular formula is C23H27N6O6S2. The number of aryl methyl sites for hydroxylation is 2. The van der Waals surface area contributed by atoms with Crippen molar-refractivity contribution in [2.24, 2.45) is 5.92 Å². The Morgan fingerprint density at radius 2 is 2.08 bits per heavy atom. The molecule has 1 fully saturated rings. The molecule has 4 heterocycles. The van der Waals surface area contributed by atoms with Gasteiger partial charge in [0.15, 0.2) is 0 Å². The lowest BCUT2D eigenvalue weighted by Crippen LogP contribution is -2.27. The average molecular weight is 548 g/mol. The smallest absolute Gasteiger partial charge is 0.333 e. The third-order valence-electron chi connectivity index (χ3n) is 6.69. The third kappa shape index (κ3) is 5.44. The Morgan fingerprint density at radius 3 is 2.86 bits per heavy atom. The first-order chi connectivity index (χ1) is 17.6. The van der Waals surface area contributed by atoms with Crippen molar-refractivity contribution in [2.45, 2.75) is 51.5 Å². The number of aliphatic hydroxyl groups excluding tert-OH is 1. The van der Waals surface area contributed by atoms with E-state index in [1.165, 1.54) is 23.9 Å². The molecule has 4 N–H and O–H groups in total. The van der Waals surface area contributed by atoms with E-state index in [-0.39, 0.29) is 23.5 Å². The van der Waals surface area contributed by atoms with Crippen molar-refractivity contribution in [3.05, 3.63) is 63.7 Å². The van der Waals surface area contributed by atoms with Crippen molar-refractivity contribution in [1.82, 2.24) is 24.2 Å². The van der Waals surface area contributed by atoms with Crippen molar-refractivity contribution in [3.8, 4) is 0 Å². The van der Waals surface area contributed by atoms with Gasteiger partial charge in [0.25, 0.3) is 0 Å². The summed E-state index contributed by atoms with van der Waals surface area (Å²) in [5.41, 5.74) is 2.25. The fourth-order valence-electron chi connectivity index (χ4n) is 4.87. The minimum Gasteiger partial charge on any atom is -0.393 e. The van der Waals surface area contributed by atoms with E-state index in [4.69, 9.17) is 9.29 Å². The molecule has 1 radical (unpaired) electrons. The molecule has 37 heavy (non-hydrogen) atoms. The van der Waals surface area contributed by atoms with E-state index in [1.54, 1.807) is 0 Å². The maximum absolute atomic E-state index is 13.5. The Hall–Kier alpha value is -2.75. The number of carbonyl (C=O) groups is 1. The first kappa shape index (κ1) is 25.9. The highest BCUT2D eigenvalue weighted by Gasteiger charge is 2.35. The molecule has 0 spiro atoms. The Bertz CT molecular complexity index is 1420. The molecule has 0 aromatic carbocycles. The molecule has 4 atom stereocenters. The van der Waals surface area contributed by atoms with Crippen LogP contribution in [-0.2, 0) is 21.6 Å². The van der Waals surface area contributed by atoms with E-state index >= 15 is 0 Å². The lowest BCUT2D eigenvalue weighted by molar-refractivity contribution is 0.0423. The number of rotatable bonds is 8. The number of hydrogen-bond donors (Lipinski definition) is 4. The molecule has 3 aromatic heterocycles. The van der Waals surface area contributed by atoms with E-state index in [2.05, 4.69) is 24.8 Å². The molecule has 3 aromatic rings. The van der Waals surface area contributed by atoms with Crippen LogP contribution < -0.4 is 10.0 Å². The van der Waals surface area contributed by atoms with Gasteiger partial charge in [0, 0.05) is 53.6 Å². The van der Waals surface area contributed by atoms with Crippen LogP contribution in [-0.4, -0.2) is 62.1 Å². The van der Waals surface area contributed by atoms with E-state index in [0.717, 1.165) is 35.0 Å². The van der Waals surface area contributed by atoms with Gasteiger partial charge in [-0.2, -0.15) is 13.1 Å². The van der Waals surface area contributed by atoms with E-state index in [1.807, 2.05) is 30.8 Å². The first-order valence-corrected chi connectivity index (χ1v) is 14.0. The molecule has 0 saturated heterocycles. The average Bonchev–Trinajstić information content (AvgIpc) is 3.54. The zero-order valence-electron chi connectivity index (χ0n) is 20.2. The molecule has 1 aliphatic heterocycles. The Morgan fingerprint density at radius 1 is 1.27 bits per heavy atom. The van der Waals surface area contributed by atoms with Crippen molar-refractivity contribution in [1.29, 1.82) is 0 Å². The second-order valence-electron chi connectivity index (χ2n) is 9.20. The number of hydrogen-bond acceptors (Lipinski definition) is 10. The number of imidazole rings is 1. The van der Waals surface area contributed by atoms with Gasteiger partial charge in [0.1, 0.15) is 24.1 Å². The number of ketones is 1. The maximum Gasteiger partial charge on any atom is 0.333 e. The van der Waals surface area contributed by atoms with Gasteiger partial charge in [-0.3, -0.25) is 9.35 Å². The lowest BCUT2D eigenvalue weighted by Gasteiger charge is -2.25. The molecular weight excluding hydrogens is 520 g/mol. The molecule has 0 amide bonds. The monoisotopic (exact) mass is 547 g/mol. The van der Waals surface area contributed by atoms with Gasteiger partial charge in [-0.15, -0.1) is 11.3 Å². The number of aromatic nitrogens is 4. The van der Waals surface area contributed by atoms with Crippen LogP contribution >= 0.6 is 11.3 Å². The summed E-state index contributed by atoms with van der Waals surface area (Å²) >= 11 is 1.37. The second kappa shape index (κ2) is 10.2. The van der Waals surface area contributed by atoms with Gasteiger partial charge in [-0.1, -0.05) is 0 Å². The van der Waals surface area contributed by atoms with Crippen LogP contribution in [0.4, 0.5) is 5.82 Å². The summed E-state index contributed by atoms with van der Waals surface area (Å²) in [6, 6.07) is 1.56. The first-order valence-electron chi connectivity index (χ1n) is 11.7. The lowest BCUT2D eigenvalue weighted by atomic mass is 10.1. The number of fused-ring (bicyclic) bond motifs is 1. The van der Waals surface area contributed by atoms with Crippen LogP contribution in [0.2, 0.25) is 0 Å². The molecule has 12 nitrogen and oxygen atoms in total. The van der Waals surface area contributed by atoms with Crippen molar-refractivity contribution < 1.29 is 27.6 Å². The topological polar surface area (TPSA) is 169 Å². The molecule has 197 valence electrons. The number of anilines is 1. The Labute approximate surface area is 218 Å². The number of ether oxygens (including phenoxy) is 1. The quantitative estimate of drug-likeness (QED) is 0.241. The largest absolute Gasteiger partial charge is 0.393 e. The number of aliphatic hydroxyl groups is 1. The minimum absolute atomic E-state index is 0.243. The van der Waals surface area contributed by atoms with Crippen LogP contribution in [0.25, 0.3) is 0 Å². The predicted molar refractivity (Wildman–Crippen MR) is 134 cm³/mol. The predicted octanol–water partition coefficient (Wildman–Crippen LogP) is 1.81. The van der Waals surface area contributed by atoms with E-state index < -0.39 is 22.3 Å². The molecule has 5 rings (SSSR count). The van der Waals surface area contributed by atoms with Crippen molar-refractivity contribution in [2.75, 3.05) is 11.9 Å². The fourth-order valence-corrected chi connectivity index (χ4v) is 6.22. The van der Waals surface area contributed by atoms with Crippen LogP contribution in [0, 0.1) is 26.3 Å². The van der Waals surface area contributed by atoms with Crippen molar-refractivity contribution in [3.63, 3.8) is 0 Å². The molecule has 1 saturated carbocycles. The molecule has 2 aliphatic rings. The molecule has 1 aliphatic carbocycles. The maximum atomic E-state index is 13.5. The summed E-state index contributed by atoms with van der Waals surface area (Å²) in [4.78, 5) is 27.8. The zero-order valence-corrected chi connectivity index (χ0v) is 21.8. The van der Waals surface area contributed by atoms with Gasteiger partial charge in [-0.05, 0) is 32.8 Å². The summed E-state index contributed by atoms with van der Waals surface area (Å²) in [6.07, 6.45) is 4.10. The minimum atomic E-state index is -4.40. The van der Waals surface area contributed by atoms with Crippen LogP contribution in [0.5, 0.6) is 0 Å². The molecule has 14 heteroatoms. The van der Waals surface area contributed by atoms with Crippen LogP contribution in [0.1, 0.15) is 56.1 Å². The molecule has 0 bridgehead atoms. The van der Waals surface area contributed by atoms with Gasteiger partial charge in [-0.25, -0.2) is 15.0 Å². The van der Waals surface area contributed by atoms with Crippen LogP contribution in [0.3, 0.4) is 0 Å². The Balaban J connectivity index is 1.34. The van der Waals surface area contributed by atoms with Gasteiger partial charge < -0.3 is 19.7 Å². The van der Waals surface area contributed by atoms with Gasteiger partial charge in [0.05, 0.1) is 23.2 Å². The normalized spacial score (nSPS) is 23.7. The zero-order chi connectivity index (χ0) is 26.3. The second-order valence-corrected chi connectivity index (χ2v) is 11.6. The number of nitrogens with one attached hydrogen (secondary N) is 2. The number of carbonyl (C=O) groups excluding carboxylic acids is 1.